The zero-order valence-electron chi connectivity index (χ0n) is 10.8. The lowest BCUT2D eigenvalue weighted by molar-refractivity contribution is 0.223. The Balaban J connectivity index is 2.00. The van der Waals surface area contributed by atoms with Crippen molar-refractivity contribution >= 4 is 21.4 Å². The van der Waals surface area contributed by atoms with Gasteiger partial charge < -0.3 is 9.84 Å². The van der Waals surface area contributed by atoms with Crippen LogP contribution in [0.1, 0.15) is 16.5 Å². The van der Waals surface area contributed by atoms with Crippen LogP contribution in [-0.2, 0) is 0 Å². The summed E-state index contributed by atoms with van der Waals surface area (Å²) in [6.45, 7) is 0. The van der Waals surface area contributed by atoms with E-state index < -0.39 is 6.10 Å². The molecule has 0 fully saturated rings. The quantitative estimate of drug-likeness (QED) is 0.785. The van der Waals surface area contributed by atoms with Gasteiger partial charge in [0.15, 0.2) is 0 Å². The SMILES string of the molecule is COc1cccc(C(O)c2cc3cc(F)ccc3s2)c1. The minimum atomic E-state index is -0.731. The van der Waals surface area contributed by atoms with E-state index in [4.69, 9.17) is 4.74 Å². The van der Waals surface area contributed by atoms with Gasteiger partial charge in [-0.3, -0.25) is 0 Å². The molecule has 0 bridgehead atoms. The maximum Gasteiger partial charge on any atom is 0.123 e. The third-order valence-corrected chi connectivity index (χ3v) is 4.34. The molecule has 2 aromatic carbocycles. The summed E-state index contributed by atoms with van der Waals surface area (Å²) in [5.74, 6) is 0.437. The average Bonchev–Trinajstić information content (AvgIpc) is 2.89. The fourth-order valence-electron chi connectivity index (χ4n) is 2.15. The van der Waals surface area contributed by atoms with Crippen molar-refractivity contribution in [1.82, 2.24) is 0 Å². The van der Waals surface area contributed by atoms with Crippen molar-refractivity contribution in [2.45, 2.75) is 6.10 Å². The third kappa shape index (κ3) is 2.40. The van der Waals surface area contributed by atoms with Crippen LogP contribution in [0.25, 0.3) is 10.1 Å². The van der Waals surface area contributed by atoms with Crippen molar-refractivity contribution in [3.8, 4) is 5.75 Å². The second-order valence-corrected chi connectivity index (χ2v) is 5.63. The van der Waals surface area contributed by atoms with Crippen molar-refractivity contribution < 1.29 is 14.2 Å². The monoisotopic (exact) mass is 288 g/mol. The molecule has 0 spiro atoms. The summed E-state index contributed by atoms with van der Waals surface area (Å²) >= 11 is 1.46. The third-order valence-electron chi connectivity index (χ3n) is 3.18. The Bertz CT molecular complexity index is 751. The summed E-state index contributed by atoms with van der Waals surface area (Å²) in [6.07, 6.45) is -0.731. The maximum atomic E-state index is 13.2. The van der Waals surface area contributed by atoms with Gasteiger partial charge in [-0.15, -0.1) is 11.3 Å². The minimum Gasteiger partial charge on any atom is -0.497 e. The highest BCUT2D eigenvalue weighted by Crippen LogP contribution is 2.34. The van der Waals surface area contributed by atoms with Gasteiger partial charge in [0.2, 0.25) is 0 Å². The average molecular weight is 288 g/mol. The van der Waals surface area contributed by atoms with Crippen molar-refractivity contribution in [3.05, 3.63) is 64.8 Å². The Morgan fingerprint density at radius 2 is 2.00 bits per heavy atom. The van der Waals surface area contributed by atoms with Crippen LogP contribution in [0.2, 0.25) is 0 Å². The van der Waals surface area contributed by atoms with Crippen LogP contribution in [-0.4, -0.2) is 12.2 Å². The van der Waals surface area contributed by atoms with Gasteiger partial charge in [0.25, 0.3) is 0 Å². The summed E-state index contributed by atoms with van der Waals surface area (Å²) in [5, 5.41) is 11.3. The van der Waals surface area contributed by atoms with E-state index in [1.54, 1.807) is 19.2 Å². The molecule has 0 amide bonds. The van der Waals surface area contributed by atoms with E-state index in [1.165, 1.54) is 23.5 Å². The first-order valence-electron chi connectivity index (χ1n) is 6.18. The fourth-order valence-corrected chi connectivity index (χ4v) is 3.20. The maximum absolute atomic E-state index is 13.2. The zero-order chi connectivity index (χ0) is 14.1. The van der Waals surface area contributed by atoms with Gasteiger partial charge in [-0.2, -0.15) is 0 Å². The molecule has 0 aliphatic carbocycles. The van der Waals surface area contributed by atoms with E-state index in [9.17, 15) is 9.50 Å². The number of methoxy groups -OCH3 is 1. The largest absolute Gasteiger partial charge is 0.497 e. The number of thiophene rings is 1. The Morgan fingerprint density at radius 3 is 2.80 bits per heavy atom. The van der Waals surface area contributed by atoms with E-state index in [2.05, 4.69) is 0 Å². The summed E-state index contributed by atoms with van der Waals surface area (Å²) in [5.41, 5.74) is 0.761. The smallest absolute Gasteiger partial charge is 0.123 e. The second kappa shape index (κ2) is 5.23. The number of rotatable bonds is 3. The van der Waals surface area contributed by atoms with Gasteiger partial charge in [0.1, 0.15) is 17.7 Å². The molecule has 0 radical (unpaired) electrons. The van der Waals surface area contributed by atoms with Crippen LogP contribution in [0, 0.1) is 5.82 Å². The van der Waals surface area contributed by atoms with Gasteiger partial charge in [0, 0.05) is 9.58 Å². The molecule has 1 unspecified atom stereocenters. The molecule has 1 aromatic heterocycles. The van der Waals surface area contributed by atoms with E-state index in [0.717, 1.165) is 20.5 Å². The Morgan fingerprint density at radius 1 is 1.15 bits per heavy atom. The standard InChI is InChI=1S/C16H13FO2S/c1-19-13-4-2-3-10(8-13)16(18)15-9-11-7-12(17)5-6-14(11)20-15/h2-9,16,18H,1H3. The number of halogens is 1. The molecule has 102 valence electrons. The lowest BCUT2D eigenvalue weighted by Gasteiger charge is -2.10. The Hall–Kier alpha value is -1.91. The van der Waals surface area contributed by atoms with Crippen molar-refractivity contribution in [1.29, 1.82) is 0 Å². The molecule has 3 aromatic rings. The summed E-state index contributed by atoms with van der Waals surface area (Å²) in [6, 6.07) is 13.8. The topological polar surface area (TPSA) is 29.5 Å². The van der Waals surface area contributed by atoms with Crippen LogP contribution < -0.4 is 4.74 Å². The Labute approximate surface area is 120 Å². The summed E-state index contributed by atoms with van der Waals surface area (Å²) < 4.78 is 19.3. The molecule has 1 heterocycles. The predicted molar refractivity (Wildman–Crippen MR) is 78.8 cm³/mol. The molecule has 20 heavy (non-hydrogen) atoms. The van der Waals surface area contributed by atoms with Crippen molar-refractivity contribution in [2.75, 3.05) is 7.11 Å². The molecule has 1 atom stereocenters. The molecular formula is C16H13FO2S. The number of hydrogen-bond acceptors (Lipinski definition) is 3. The first-order chi connectivity index (χ1) is 9.67. The molecule has 0 aliphatic rings. The molecule has 3 rings (SSSR count). The number of hydrogen-bond donors (Lipinski definition) is 1. The number of fused-ring (bicyclic) bond motifs is 1. The summed E-state index contributed by atoms with van der Waals surface area (Å²) in [4.78, 5) is 0.791. The number of aliphatic hydroxyl groups excluding tert-OH is 1. The second-order valence-electron chi connectivity index (χ2n) is 4.51. The van der Waals surface area contributed by atoms with Gasteiger partial charge in [-0.05, 0) is 47.3 Å². The normalized spacial score (nSPS) is 12.6. The van der Waals surface area contributed by atoms with Crippen LogP contribution in [0.15, 0.2) is 48.5 Å². The molecule has 0 aliphatic heterocycles. The number of aliphatic hydroxyl groups is 1. The molecule has 4 heteroatoms. The predicted octanol–water partition coefficient (Wildman–Crippen LogP) is 4.13. The van der Waals surface area contributed by atoms with E-state index in [-0.39, 0.29) is 5.82 Å². The molecule has 0 saturated carbocycles. The van der Waals surface area contributed by atoms with Crippen molar-refractivity contribution in [3.63, 3.8) is 0 Å². The van der Waals surface area contributed by atoms with E-state index >= 15 is 0 Å². The minimum absolute atomic E-state index is 0.266. The lowest BCUT2D eigenvalue weighted by atomic mass is 10.1. The fraction of sp³-hybridized carbons (Fsp3) is 0.125. The first kappa shape index (κ1) is 13.1. The van der Waals surface area contributed by atoms with Crippen LogP contribution in [0.4, 0.5) is 4.39 Å². The Kier molecular flexibility index (Phi) is 3.42. The van der Waals surface area contributed by atoms with Gasteiger partial charge in [0.05, 0.1) is 7.11 Å². The zero-order valence-corrected chi connectivity index (χ0v) is 11.7. The van der Waals surface area contributed by atoms with Crippen LogP contribution >= 0.6 is 11.3 Å². The molecule has 2 nitrogen and oxygen atoms in total. The summed E-state index contributed by atoms with van der Waals surface area (Å²) in [7, 11) is 1.59. The van der Waals surface area contributed by atoms with Crippen molar-refractivity contribution in [2.24, 2.45) is 0 Å². The van der Waals surface area contributed by atoms with Gasteiger partial charge >= 0.3 is 0 Å². The molecule has 1 N–H and O–H groups in total. The van der Waals surface area contributed by atoms with Gasteiger partial charge in [-0.25, -0.2) is 4.39 Å². The van der Waals surface area contributed by atoms with E-state index in [0.29, 0.717) is 5.75 Å². The molecular weight excluding hydrogens is 275 g/mol. The number of benzene rings is 2. The number of ether oxygens (including phenoxy) is 1. The highest BCUT2D eigenvalue weighted by atomic mass is 32.1. The van der Waals surface area contributed by atoms with Gasteiger partial charge in [-0.1, -0.05) is 12.1 Å². The highest BCUT2D eigenvalue weighted by molar-refractivity contribution is 7.19. The lowest BCUT2D eigenvalue weighted by Crippen LogP contribution is -1.97. The van der Waals surface area contributed by atoms with E-state index in [1.807, 2.05) is 24.3 Å². The van der Waals surface area contributed by atoms with Crippen LogP contribution in [0.5, 0.6) is 5.75 Å². The van der Waals surface area contributed by atoms with Crippen LogP contribution in [0.3, 0.4) is 0 Å². The first-order valence-corrected chi connectivity index (χ1v) is 7.00. The highest BCUT2D eigenvalue weighted by Gasteiger charge is 2.14. The molecule has 0 saturated heterocycles.